The first kappa shape index (κ1) is 12.2. The van der Waals surface area contributed by atoms with E-state index in [1.54, 1.807) is 0 Å². The normalized spacial score (nSPS) is 15.6. The van der Waals surface area contributed by atoms with E-state index in [1.165, 1.54) is 18.4 Å². The van der Waals surface area contributed by atoms with Crippen LogP contribution in [0.4, 0.5) is 0 Å². The highest BCUT2D eigenvalue weighted by atomic mass is 16.6. The Kier molecular flexibility index (Phi) is 4.26. The lowest BCUT2D eigenvalue weighted by atomic mass is 9.99. The van der Waals surface area contributed by atoms with Crippen molar-refractivity contribution in [3.05, 3.63) is 23.8 Å². The van der Waals surface area contributed by atoms with E-state index in [2.05, 4.69) is 18.3 Å². The molecule has 1 unspecified atom stereocenters. The smallest absolute Gasteiger partial charge is 0.166 e. The Bertz CT molecular complexity index is 365. The number of hydrogen-bond donors (Lipinski definition) is 1. The molecule has 0 aromatic heterocycles. The Morgan fingerprint density at radius 1 is 1.29 bits per heavy atom. The molecule has 1 aromatic carbocycles. The van der Waals surface area contributed by atoms with Gasteiger partial charge in [0.25, 0.3) is 0 Å². The zero-order valence-corrected chi connectivity index (χ0v) is 10.7. The van der Waals surface area contributed by atoms with Gasteiger partial charge in [-0.25, -0.2) is 0 Å². The molecule has 94 valence electrons. The maximum absolute atomic E-state index is 5.75. The number of benzene rings is 1. The topological polar surface area (TPSA) is 30.5 Å². The van der Waals surface area contributed by atoms with Gasteiger partial charge in [-0.1, -0.05) is 31.9 Å². The standard InChI is InChI=1S/C14H21NO2/c1-3-4-7-12(15-2)11-6-5-8-13-14(11)17-10-9-16-13/h5-6,8,12,15H,3-4,7,9-10H2,1-2H3. The van der Waals surface area contributed by atoms with Gasteiger partial charge in [0, 0.05) is 11.6 Å². The van der Waals surface area contributed by atoms with E-state index < -0.39 is 0 Å². The lowest BCUT2D eigenvalue weighted by Gasteiger charge is -2.25. The van der Waals surface area contributed by atoms with E-state index in [9.17, 15) is 0 Å². The van der Waals surface area contributed by atoms with Crippen LogP contribution in [0.25, 0.3) is 0 Å². The van der Waals surface area contributed by atoms with Crippen LogP contribution in [0.3, 0.4) is 0 Å². The molecular formula is C14H21NO2. The summed E-state index contributed by atoms with van der Waals surface area (Å²) in [7, 11) is 2.00. The van der Waals surface area contributed by atoms with Gasteiger partial charge in [0.05, 0.1) is 0 Å². The number of rotatable bonds is 5. The minimum Gasteiger partial charge on any atom is -0.486 e. The summed E-state index contributed by atoms with van der Waals surface area (Å²) >= 11 is 0. The fourth-order valence-corrected chi connectivity index (χ4v) is 2.23. The first-order valence-electron chi connectivity index (χ1n) is 6.42. The first-order valence-corrected chi connectivity index (χ1v) is 6.42. The molecule has 3 heteroatoms. The second-order valence-corrected chi connectivity index (χ2v) is 4.35. The molecule has 1 N–H and O–H groups in total. The Hall–Kier alpha value is -1.22. The molecule has 0 saturated heterocycles. The van der Waals surface area contributed by atoms with Gasteiger partial charge in [0.1, 0.15) is 13.2 Å². The van der Waals surface area contributed by atoms with E-state index in [1.807, 2.05) is 19.2 Å². The molecule has 1 atom stereocenters. The molecule has 2 rings (SSSR count). The van der Waals surface area contributed by atoms with Crippen molar-refractivity contribution in [3.63, 3.8) is 0 Å². The van der Waals surface area contributed by atoms with Crippen molar-refractivity contribution < 1.29 is 9.47 Å². The van der Waals surface area contributed by atoms with E-state index in [-0.39, 0.29) is 0 Å². The predicted molar refractivity (Wildman–Crippen MR) is 68.8 cm³/mol. The molecule has 17 heavy (non-hydrogen) atoms. The van der Waals surface area contributed by atoms with Crippen molar-refractivity contribution >= 4 is 0 Å². The first-order chi connectivity index (χ1) is 8.36. The molecule has 1 aliphatic rings. The minimum absolute atomic E-state index is 0.353. The summed E-state index contributed by atoms with van der Waals surface area (Å²) < 4.78 is 11.4. The lowest BCUT2D eigenvalue weighted by Crippen LogP contribution is -2.21. The molecule has 0 saturated carbocycles. The molecule has 0 amide bonds. The Labute approximate surface area is 103 Å². The largest absolute Gasteiger partial charge is 0.486 e. The Morgan fingerprint density at radius 2 is 2.12 bits per heavy atom. The Balaban J connectivity index is 2.23. The maximum Gasteiger partial charge on any atom is 0.166 e. The van der Waals surface area contributed by atoms with Gasteiger partial charge in [0.15, 0.2) is 11.5 Å². The maximum atomic E-state index is 5.75. The second kappa shape index (κ2) is 5.92. The summed E-state index contributed by atoms with van der Waals surface area (Å²) in [6.07, 6.45) is 3.56. The van der Waals surface area contributed by atoms with Crippen LogP contribution in [0.1, 0.15) is 37.8 Å². The number of fused-ring (bicyclic) bond motifs is 1. The van der Waals surface area contributed by atoms with Crippen molar-refractivity contribution in [2.45, 2.75) is 32.2 Å². The Morgan fingerprint density at radius 3 is 2.88 bits per heavy atom. The van der Waals surface area contributed by atoms with Crippen molar-refractivity contribution in [3.8, 4) is 11.5 Å². The molecule has 1 aliphatic heterocycles. The van der Waals surface area contributed by atoms with Gasteiger partial charge in [-0.15, -0.1) is 0 Å². The molecular weight excluding hydrogens is 214 g/mol. The van der Waals surface area contributed by atoms with Crippen LogP contribution >= 0.6 is 0 Å². The molecule has 1 heterocycles. The quantitative estimate of drug-likeness (QED) is 0.851. The van der Waals surface area contributed by atoms with Gasteiger partial charge < -0.3 is 14.8 Å². The summed E-state index contributed by atoms with van der Waals surface area (Å²) in [6.45, 7) is 3.51. The van der Waals surface area contributed by atoms with E-state index >= 15 is 0 Å². The van der Waals surface area contributed by atoms with Crippen molar-refractivity contribution in [1.82, 2.24) is 5.32 Å². The van der Waals surface area contributed by atoms with Crippen LogP contribution in [-0.2, 0) is 0 Å². The molecule has 0 bridgehead atoms. The van der Waals surface area contributed by atoms with E-state index in [0.717, 1.165) is 17.9 Å². The van der Waals surface area contributed by atoms with Crippen LogP contribution < -0.4 is 14.8 Å². The van der Waals surface area contributed by atoms with Crippen LogP contribution in [0.2, 0.25) is 0 Å². The number of unbranched alkanes of at least 4 members (excludes halogenated alkanes) is 1. The van der Waals surface area contributed by atoms with Gasteiger partial charge in [-0.05, 0) is 19.5 Å². The van der Waals surface area contributed by atoms with Crippen LogP contribution in [-0.4, -0.2) is 20.3 Å². The van der Waals surface area contributed by atoms with Crippen LogP contribution in [0.15, 0.2) is 18.2 Å². The van der Waals surface area contributed by atoms with Crippen molar-refractivity contribution in [2.75, 3.05) is 20.3 Å². The number of hydrogen-bond acceptors (Lipinski definition) is 3. The summed E-state index contributed by atoms with van der Waals surface area (Å²) in [5, 5.41) is 3.37. The summed E-state index contributed by atoms with van der Waals surface area (Å²) in [5.41, 5.74) is 1.22. The van der Waals surface area contributed by atoms with Gasteiger partial charge in [-0.2, -0.15) is 0 Å². The third-order valence-electron chi connectivity index (χ3n) is 3.17. The number of ether oxygens (including phenoxy) is 2. The molecule has 0 radical (unpaired) electrons. The monoisotopic (exact) mass is 235 g/mol. The predicted octanol–water partition coefficient (Wildman–Crippen LogP) is 2.91. The van der Waals surface area contributed by atoms with E-state index in [0.29, 0.717) is 19.3 Å². The molecule has 3 nitrogen and oxygen atoms in total. The average Bonchev–Trinajstić information content (AvgIpc) is 2.40. The molecule has 0 fully saturated rings. The SMILES string of the molecule is CCCCC(NC)c1cccc2c1OCCO2. The molecule has 1 aromatic rings. The fraction of sp³-hybridized carbons (Fsp3) is 0.571. The van der Waals surface area contributed by atoms with Gasteiger partial charge >= 0.3 is 0 Å². The van der Waals surface area contributed by atoms with Crippen LogP contribution in [0.5, 0.6) is 11.5 Å². The molecule has 0 aliphatic carbocycles. The highest BCUT2D eigenvalue weighted by Gasteiger charge is 2.20. The van der Waals surface area contributed by atoms with Crippen molar-refractivity contribution in [2.24, 2.45) is 0 Å². The zero-order valence-electron chi connectivity index (χ0n) is 10.7. The lowest BCUT2D eigenvalue weighted by molar-refractivity contribution is 0.168. The van der Waals surface area contributed by atoms with E-state index in [4.69, 9.17) is 9.47 Å². The molecule has 0 spiro atoms. The zero-order chi connectivity index (χ0) is 12.1. The second-order valence-electron chi connectivity index (χ2n) is 4.35. The third-order valence-corrected chi connectivity index (χ3v) is 3.17. The third kappa shape index (κ3) is 2.72. The number of para-hydroxylation sites is 1. The average molecular weight is 235 g/mol. The fourth-order valence-electron chi connectivity index (χ4n) is 2.23. The van der Waals surface area contributed by atoms with Crippen LogP contribution in [0, 0.1) is 0 Å². The summed E-state index contributed by atoms with van der Waals surface area (Å²) in [4.78, 5) is 0. The van der Waals surface area contributed by atoms with Gasteiger partial charge in [0.2, 0.25) is 0 Å². The number of nitrogens with one attached hydrogen (secondary N) is 1. The minimum atomic E-state index is 0.353. The van der Waals surface area contributed by atoms with Crippen molar-refractivity contribution in [1.29, 1.82) is 0 Å². The summed E-state index contributed by atoms with van der Waals surface area (Å²) in [5.74, 6) is 1.81. The highest BCUT2D eigenvalue weighted by Crippen LogP contribution is 2.38. The highest BCUT2D eigenvalue weighted by molar-refractivity contribution is 5.48. The summed E-state index contributed by atoms with van der Waals surface area (Å²) in [6, 6.07) is 6.50. The van der Waals surface area contributed by atoms with Gasteiger partial charge in [-0.3, -0.25) is 0 Å².